The number of halogens is 1. The lowest BCUT2D eigenvalue weighted by Crippen LogP contribution is -2.18. The third-order valence-corrected chi connectivity index (χ3v) is 4.86. The van der Waals surface area contributed by atoms with Crippen LogP contribution in [0.5, 0.6) is 5.75 Å². The molecular weight excluding hydrogens is 438 g/mol. The Bertz CT molecular complexity index is 1250. The van der Waals surface area contributed by atoms with Gasteiger partial charge in [0.2, 0.25) is 0 Å². The van der Waals surface area contributed by atoms with Gasteiger partial charge in [-0.1, -0.05) is 28.1 Å². The number of carbonyl (C=O) groups excluding carboxylic acids is 1. The molecule has 0 saturated heterocycles. The SMILES string of the molecule is COc1ccc(Cn2nccc2NC(=O)c2cc(=O)c3ccc(Br)cc3o2)cc1. The first-order valence-corrected chi connectivity index (χ1v) is 9.52. The molecule has 7 nitrogen and oxygen atoms in total. The maximum atomic E-state index is 12.7. The number of methoxy groups -OCH3 is 1. The largest absolute Gasteiger partial charge is 0.497 e. The average molecular weight is 454 g/mol. The van der Waals surface area contributed by atoms with Crippen LogP contribution in [-0.4, -0.2) is 22.8 Å². The predicted octanol–water partition coefficient (Wildman–Crippen LogP) is 4.06. The van der Waals surface area contributed by atoms with Gasteiger partial charge < -0.3 is 14.5 Å². The number of nitrogens with one attached hydrogen (secondary N) is 1. The molecule has 0 saturated carbocycles. The Balaban J connectivity index is 1.57. The van der Waals surface area contributed by atoms with E-state index in [-0.39, 0.29) is 11.2 Å². The van der Waals surface area contributed by atoms with E-state index in [1.807, 2.05) is 24.3 Å². The Morgan fingerprint density at radius 1 is 1.17 bits per heavy atom. The molecule has 0 fully saturated rings. The Kier molecular flexibility index (Phi) is 5.18. The zero-order valence-electron chi connectivity index (χ0n) is 15.4. The summed E-state index contributed by atoms with van der Waals surface area (Å²) in [7, 11) is 1.61. The fraction of sp³-hybridized carbons (Fsp3) is 0.0952. The quantitative estimate of drug-likeness (QED) is 0.492. The van der Waals surface area contributed by atoms with E-state index < -0.39 is 5.91 Å². The molecular formula is C21H16BrN3O4. The highest BCUT2D eigenvalue weighted by Crippen LogP contribution is 2.19. The summed E-state index contributed by atoms with van der Waals surface area (Å²) in [5.74, 6) is 0.654. The summed E-state index contributed by atoms with van der Waals surface area (Å²) in [6.07, 6.45) is 1.59. The van der Waals surface area contributed by atoms with Crippen molar-refractivity contribution in [1.82, 2.24) is 9.78 Å². The molecule has 4 aromatic rings. The van der Waals surface area contributed by atoms with Gasteiger partial charge in [-0.05, 0) is 35.9 Å². The topological polar surface area (TPSA) is 86.4 Å². The van der Waals surface area contributed by atoms with Crippen molar-refractivity contribution in [3.05, 3.63) is 86.8 Å². The van der Waals surface area contributed by atoms with Crippen LogP contribution in [0.3, 0.4) is 0 Å². The molecule has 0 bridgehead atoms. The molecule has 8 heteroatoms. The van der Waals surface area contributed by atoms with Gasteiger partial charge in [0, 0.05) is 16.6 Å². The van der Waals surface area contributed by atoms with E-state index in [1.54, 1.807) is 42.3 Å². The van der Waals surface area contributed by atoms with Crippen LogP contribution in [0.15, 0.2) is 74.5 Å². The van der Waals surface area contributed by atoms with Crippen molar-refractivity contribution in [1.29, 1.82) is 0 Å². The van der Waals surface area contributed by atoms with Crippen molar-refractivity contribution >= 4 is 38.6 Å². The number of rotatable bonds is 5. The molecule has 0 radical (unpaired) electrons. The predicted molar refractivity (Wildman–Crippen MR) is 112 cm³/mol. The van der Waals surface area contributed by atoms with Crippen molar-refractivity contribution < 1.29 is 13.9 Å². The second kappa shape index (κ2) is 7.92. The van der Waals surface area contributed by atoms with Crippen LogP contribution in [0.25, 0.3) is 11.0 Å². The van der Waals surface area contributed by atoms with Gasteiger partial charge in [0.1, 0.15) is 17.2 Å². The summed E-state index contributed by atoms with van der Waals surface area (Å²) in [6, 6.07) is 15.5. The molecule has 29 heavy (non-hydrogen) atoms. The molecule has 4 rings (SSSR count). The van der Waals surface area contributed by atoms with E-state index in [1.165, 1.54) is 6.07 Å². The number of amides is 1. The van der Waals surface area contributed by atoms with Crippen LogP contribution in [0, 0.1) is 0 Å². The maximum absolute atomic E-state index is 12.7. The van der Waals surface area contributed by atoms with Crippen LogP contribution >= 0.6 is 15.9 Å². The Morgan fingerprint density at radius 3 is 2.72 bits per heavy atom. The first-order chi connectivity index (χ1) is 14.0. The zero-order valence-corrected chi connectivity index (χ0v) is 17.0. The van der Waals surface area contributed by atoms with Gasteiger partial charge >= 0.3 is 0 Å². The van der Waals surface area contributed by atoms with Crippen LogP contribution < -0.4 is 15.5 Å². The molecule has 0 aliphatic heterocycles. The van der Waals surface area contributed by atoms with Crippen LogP contribution in [0.2, 0.25) is 0 Å². The number of fused-ring (bicyclic) bond motifs is 1. The molecule has 0 aliphatic carbocycles. The molecule has 2 aromatic carbocycles. The van der Waals surface area contributed by atoms with Gasteiger partial charge in [-0.3, -0.25) is 9.59 Å². The van der Waals surface area contributed by atoms with E-state index >= 15 is 0 Å². The van der Waals surface area contributed by atoms with E-state index in [0.29, 0.717) is 23.3 Å². The fourth-order valence-corrected chi connectivity index (χ4v) is 3.23. The highest BCUT2D eigenvalue weighted by Gasteiger charge is 2.15. The zero-order chi connectivity index (χ0) is 20.4. The van der Waals surface area contributed by atoms with Crippen molar-refractivity contribution in [3.8, 4) is 5.75 Å². The number of benzene rings is 2. The lowest BCUT2D eigenvalue weighted by molar-refractivity contribution is 0.0996. The highest BCUT2D eigenvalue weighted by molar-refractivity contribution is 9.10. The standard InChI is InChI=1S/C21H16BrN3O4/c1-28-15-5-2-13(3-6-15)12-25-20(8-9-23-25)24-21(27)19-11-17(26)16-7-4-14(22)10-18(16)29-19/h2-11H,12H2,1H3,(H,24,27). The first-order valence-electron chi connectivity index (χ1n) is 8.73. The molecule has 146 valence electrons. The minimum atomic E-state index is -0.527. The van der Waals surface area contributed by atoms with Crippen molar-refractivity contribution in [2.24, 2.45) is 0 Å². The summed E-state index contributed by atoms with van der Waals surface area (Å²) in [6.45, 7) is 0.460. The first kappa shape index (κ1) is 18.9. The summed E-state index contributed by atoms with van der Waals surface area (Å²) in [5, 5.41) is 7.41. The monoisotopic (exact) mass is 453 g/mol. The van der Waals surface area contributed by atoms with Crippen LogP contribution in [-0.2, 0) is 6.54 Å². The number of aromatic nitrogens is 2. The third kappa shape index (κ3) is 4.07. The number of nitrogens with zero attached hydrogens (tertiary/aromatic N) is 2. The molecule has 1 N–H and O–H groups in total. The molecule has 0 aliphatic rings. The number of ether oxygens (including phenoxy) is 1. The second-order valence-corrected chi connectivity index (χ2v) is 7.21. The third-order valence-electron chi connectivity index (χ3n) is 4.36. The normalized spacial score (nSPS) is 10.8. The Morgan fingerprint density at radius 2 is 1.97 bits per heavy atom. The van der Waals surface area contributed by atoms with Gasteiger partial charge in [0.15, 0.2) is 11.2 Å². The summed E-state index contributed by atoms with van der Waals surface area (Å²) in [5.41, 5.74) is 1.05. The highest BCUT2D eigenvalue weighted by atomic mass is 79.9. The summed E-state index contributed by atoms with van der Waals surface area (Å²) in [4.78, 5) is 25.0. The molecule has 2 aromatic heterocycles. The lowest BCUT2D eigenvalue weighted by atomic mass is 10.2. The van der Waals surface area contributed by atoms with E-state index in [0.717, 1.165) is 15.8 Å². The number of carbonyl (C=O) groups is 1. The lowest BCUT2D eigenvalue weighted by Gasteiger charge is -2.10. The Hall–Kier alpha value is -3.39. The van der Waals surface area contributed by atoms with Gasteiger partial charge in [-0.15, -0.1) is 0 Å². The fourth-order valence-electron chi connectivity index (χ4n) is 2.89. The molecule has 2 heterocycles. The van der Waals surface area contributed by atoms with Gasteiger partial charge in [0.05, 0.1) is 25.2 Å². The summed E-state index contributed by atoms with van der Waals surface area (Å²) >= 11 is 3.34. The van der Waals surface area contributed by atoms with E-state index in [9.17, 15) is 9.59 Å². The Labute approximate surface area is 174 Å². The number of hydrogen-bond donors (Lipinski definition) is 1. The van der Waals surface area contributed by atoms with Gasteiger partial charge in [0.25, 0.3) is 5.91 Å². The molecule has 0 spiro atoms. The number of anilines is 1. The minimum Gasteiger partial charge on any atom is -0.497 e. The molecule has 0 unspecified atom stereocenters. The number of hydrogen-bond acceptors (Lipinski definition) is 5. The van der Waals surface area contributed by atoms with Crippen molar-refractivity contribution in [2.75, 3.05) is 12.4 Å². The molecule has 0 atom stereocenters. The van der Waals surface area contributed by atoms with Crippen LogP contribution in [0.1, 0.15) is 16.1 Å². The van der Waals surface area contributed by atoms with Gasteiger partial charge in [-0.2, -0.15) is 5.10 Å². The van der Waals surface area contributed by atoms with Crippen LogP contribution in [0.4, 0.5) is 5.82 Å². The maximum Gasteiger partial charge on any atom is 0.292 e. The minimum absolute atomic E-state index is 0.0715. The van der Waals surface area contributed by atoms with E-state index in [4.69, 9.17) is 9.15 Å². The van der Waals surface area contributed by atoms with Crippen molar-refractivity contribution in [3.63, 3.8) is 0 Å². The van der Waals surface area contributed by atoms with Gasteiger partial charge in [-0.25, -0.2) is 4.68 Å². The smallest absolute Gasteiger partial charge is 0.292 e. The van der Waals surface area contributed by atoms with E-state index in [2.05, 4.69) is 26.3 Å². The average Bonchev–Trinajstić information content (AvgIpc) is 3.14. The summed E-state index contributed by atoms with van der Waals surface area (Å²) < 4.78 is 13.2. The second-order valence-electron chi connectivity index (χ2n) is 6.29. The molecule has 1 amide bonds. The van der Waals surface area contributed by atoms with Crippen molar-refractivity contribution in [2.45, 2.75) is 6.54 Å².